The molecule has 0 atom stereocenters. The summed E-state index contributed by atoms with van der Waals surface area (Å²) in [4.78, 5) is 17.3. The van der Waals surface area contributed by atoms with E-state index in [1.54, 1.807) is 0 Å². The van der Waals surface area contributed by atoms with Crippen molar-refractivity contribution in [2.45, 2.75) is 12.5 Å². The first kappa shape index (κ1) is 22.0. The number of halogens is 2. The van der Waals surface area contributed by atoms with Gasteiger partial charge in [-0.25, -0.2) is 0 Å². The fourth-order valence-electron chi connectivity index (χ4n) is 1.06. The number of rotatable bonds is 7. The molecule has 0 radical (unpaired) electrons. The molecule has 0 aromatic heterocycles. The molecule has 6 nitrogen and oxygen atoms in total. The molecule has 0 unspecified atom stereocenters. The van der Waals surface area contributed by atoms with Gasteiger partial charge in [-0.3, -0.25) is 4.57 Å². The largest absolute Gasteiger partial charge is 0.500 e. The van der Waals surface area contributed by atoms with Crippen molar-refractivity contribution < 1.29 is 27.6 Å². The number of hydrogen-bond acceptors (Lipinski definition) is 4. The van der Waals surface area contributed by atoms with Crippen LogP contribution in [-0.2, 0) is 17.8 Å². The lowest BCUT2D eigenvalue weighted by atomic mass is 10.6. The van der Waals surface area contributed by atoms with Gasteiger partial charge in [0.1, 0.15) is 0 Å². The molecule has 0 aromatic carbocycles. The van der Waals surface area contributed by atoms with E-state index >= 15 is 0 Å². The zero-order valence-corrected chi connectivity index (χ0v) is 12.9. The summed E-state index contributed by atoms with van der Waals surface area (Å²) in [6, 6.07) is 0.404. The Balaban J connectivity index is -0.000000845. The monoisotopic (exact) mass is 316 g/mol. The van der Waals surface area contributed by atoms with Gasteiger partial charge in [0, 0.05) is 33.5 Å². The van der Waals surface area contributed by atoms with Crippen molar-refractivity contribution in [3.63, 3.8) is 0 Å². The van der Waals surface area contributed by atoms with Gasteiger partial charge < -0.3 is 23.1 Å². The molecule has 0 rings (SSSR count). The summed E-state index contributed by atoms with van der Waals surface area (Å²) in [6.07, 6.45) is 0.157. The second-order valence-corrected chi connectivity index (χ2v) is 7.65. The molecule has 0 aliphatic heterocycles. The van der Waals surface area contributed by atoms with E-state index in [1.165, 1.54) is 21.3 Å². The summed E-state index contributed by atoms with van der Waals surface area (Å²) in [5, 5.41) is 0. The van der Waals surface area contributed by atoms with E-state index < -0.39 is 16.4 Å². The first-order valence-corrected chi connectivity index (χ1v) is 7.82. The molecular weight excluding hydrogens is 298 g/mol. The Bertz CT molecular complexity index is 201. The molecule has 0 aliphatic rings. The van der Waals surface area contributed by atoms with Crippen molar-refractivity contribution in [3.8, 4) is 0 Å². The van der Waals surface area contributed by atoms with E-state index in [1.807, 2.05) is 0 Å². The van der Waals surface area contributed by atoms with Crippen molar-refractivity contribution >= 4 is 41.2 Å². The van der Waals surface area contributed by atoms with Crippen LogP contribution in [-0.4, -0.2) is 46.1 Å². The van der Waals surface area contributed by atoms with Gasteiger partial charge in [-0.1, -0.05) is 0 Å². The summed E-state index contributed by atoms with van der Waals surface area (Å²) in [7, 11) is -2.18. The predicted octanol–water partition coefficient (Wildman–Crippen LogP) is 1.28. The van der Waals surface area contributed by atoms with E-state index in [-0.39, 0.29) is 31.0 Å². The van der Waals surface area contributed by atoms with Crippen LogP contribution in [0.25, 0.3) is 0 Å². The Morgan fingerprint density at radius 1 is 1.06 bits per heavy atom. The maximum absolute atomic E-state index is 10.6. The van der Waals surface area contributed by atoms with Gasteiger partial charge in [-0.05, 0) is 6.42 Å². The Kier molecular flexibility index (Phi) is 13.5. The minimum Gasteiger partial charge on any atom is -0.377 e. The quantitative estimate of drug-likeness (QED) is 0.543. The van der Waals surface area contributed by atoms with Crippen molar-refractivity contribution in [1.82, 2.24) is 0 Å². The highest BCUT2D eigenvalue weighted by Gasteiger charge is 2.37. The standard InChI is InChI=1S/C6H17O6PSi.2ClH/c1-10-14(11-2,12-3)6-4-5-13(7,8)9;;/h4-6H2,1-3H3,(H2,7,8,9);2*1H. The van der Waals surface area contributed by atoms with Crippen LogP contribution >= 0.6 is 32.4 Å². The second kappa shape index (κ2) is 9.82. The summed E-state index contributed by atoms with van der Waals surface area (Å²) in [5.41, 5.74) is 0. The third kappa shape index (κ3) is 8.92. The molecule has 16 heavy (non-hydrogen) atoms. The van der Waals surface area contributed by atoms with Gasteiger partial charge in [0.2, 0.25) is 0 Å². The Labute approximate surface area is 109 Å². The molecule has 102 valence electrons. The minimum atomic E-state index is -3.93. The molecule has 0 aliphatic carbocycles. The molecule has 0 saturated heterocycles. The summed E-state index contributed by atoms with van der Waals surface area (Å²) in [6.45, 7) is 0. The Hall–Kier alpha value is 0.827. The average Bonchev–Trinajstić information content (AvgIpc) is 2.11. The summed E-state index contributed by atoms with van der Waals surface area (Å²) in [5.74, 6) is 0. The van der Waals surface area contributed by atoms with E-state index in [0.717, 1.165) is 0 Å². The van der Waals surface area contributed by atoms with Crippen LogP contribution in [0.1, 0.15) is 6.42 Å². The van der Waals surface area contributed by atoms with Gasteiger partial charge in [0.05, 0.1) is 0 Å². The lowest BCUT2D eigenvalue weighted by Gasteiger charge is -2.24. The summed E-state index contributed by atoms with van der Waals surface area (Å²) >= 11 is 0. The van der Waals surface area contributed by atoms with Crippen LogP contribution in [0.15, 0.2) is 0 Å². The zero-order valence-electron chi connectivity index (χ0n) is 9.41. The molecular formula is C6H19Cl2O6PSi. The van der Waals surface area contributed by atoms with Gasteiger partial charge in [-0.2, -0.15) is 0 Å². The fraction of sp³-hybridized carbons (Fsp3) is 1.00. The normalized spacial score (nSPS) is 11.6. The highest BCUT2D eigenvalue weighted by atomic mass is 35.5. The number of hydrogen-bond donors (Lipinski definition) is 2. The highest BCUT2D eigenvalue weighted by molar-refractivity contribution is 7.51. The average molecular weight is 317 g/mol. The van der Waals surface area contributed by atoms with Gasteiger partial charge >= 0.3 is 16.4 Å². The van der Waals surface area contributed by atoms with Crippen molar-refractivity contribution in [3.05, 3.63) is 0 Å². The molecule has 2 N–H and O–H groups in total. The molecule has 0 fully saturated rings. The van der Waals surface area contributed by atoms with Crippen LogP contribution in [0.4, 0.5) is 0 Å². The minimum absolute atomic E-state index is 0. The highest BCUT2D eigenvalue weighted by Crippen LogP contribution is 2.36. The first-order chi connectivity index (χ1) is 6.39. The third-order valence-corrected chi connectivity index (χ3v) is 5.60. The predicted molar refractivity (Wildman–Crippen MR) is 67.6 cm³/mol. The van der Waals surface area contributed by atoms with E-state index in [4.69, 9.17) is 23.1 Å². The molecule has 0 aromatic rings. The van der Waals surface area contributed by atoms with E-state index in [2.05, 4.69) is 0 Å². The van der Waals surface area contributed by atoms with Crippen LogP contribution in [0.2, 0.25) is 6.04 Å². The van der Waals surface area contributed by atoms with Gasteiger partial charge in [0.15, 0.2) is 0 Å². The molecule has 10 heteroatoms. The second-order valence-electron chi connectivity index (χ2n) is 2.79. The molecule has 0 amide bonds. The van der Waals surface area contributed by atoms with Crippen LogP contribution in [0.5, 0.6) is 0 Å². The molecule has 0 spiro atoms. The van der Waals surface area contributed by atoms with E-state index in [9.17, 15) is 4.57 Å². The van der Waals surface area contributed by atoms with Crippen molar-refractivity contribution in [1.29, 1.82) is 0 Å². The maximum atomic E-state index is 10.6. The molecule has 0 heterocycles. The lowest BCUT2D eigenvalue weighted by molar-refractivity contribution is 0.123. The van der Waals surface area contributed by atoms with Crippen LogP contribution < -0.4 is 0 Å². The maximum Gasteiger partial charge on any atom is 0.500 e. The Morgan fingerprint density at radius 3 is 1.69 bits per heavy atom. The van der Waals surface area contributed by atoms with Crippen LogP contribution in [0.3, 0.4) is 0 Å². The third-order valence-electron chi connectivity index (χ3n) is 1.87. The van der Waals surface area contributed by atoms with Crippen molar-refractivity contribution in [2.24, 2.45) is 0 Å². The van der Waals surface area contributed by atoms with Crippen molar-refractivity contribution in [2.75, 3.05) is 27.5 Å². The smallest absolute Gasteiger partial charge is 0.377 e. The van der Waals surface area contributed by atoms with Gasteiger partial charge in [0.25, 0.3) is 0 Å². The molecule has 0 saturated carbocycles. The summed E-state index contributed by atoms with van der Waals surface area (Å²) < 4.78 is 25.8. The molecule has 0 bridgehead atoms. The van der Waals surface area contributed by atoms with E-state index in [0.29, 0.717) is 12.5 Å². The fourth-order valence-corrected chi connectivity index (χ4v) is 3.65. The topological polar surface area (TPSA) is 85.2 Å². The first-order valence-electron chi connectivity index (χ1n) is 4.09. The lowest BCUT2D eigenvalue weighted by Crippen LogP contribution is -2.42. The Morgan fingerprint density at radius 2 is 1.44 bits per heavy atom. The SMILES string of the molecule is CO[Si](CCCP(=O)(O)O)(OC)OC.Cl.Cl. The zero-order chi connectivity index (χ0) is 11.2. The van der Waals surface area contributed by atoms with Gasteiger partial charge in [-0.15, -0.1) is 24.8 Å². The van der Waals surface area contributed by atoms with Crippen LogP contribution in [0, 0.1) is 0 Å².